The summed E-state index contributed by atoms with van der Waals surface area (Å²) in [5.74, 6) is 0.658. The maximum atomic E-state index is 12.8. The van der Waals surface area contributed by atoms with Crippen LogP contribution in [-0.2, 0) is 18.3 Å². The van der Waals surface area contributed by atoms with Gasteiger partial charge in [-0.05, 0) is 36.3 Å². The normalized spacial score (nSPS) is 19.6. The van der Waals surface area contributed by atoms with Crippen molar-refractivity contribution in [3.8, 4) is 0 Å². The van der Waals surface area contributed by atoms with E-state index in [1.807, 2.05) is 17.0 Å². The Labute approximate surface area is 153 Å². The summed E-state index contributed by atoms with van der Waals surface area (Å²) in [5.41, 5.74) is 3.09. The molecule has 1 aliphatic heterocycles. The maximum Gasteiger partial charge on any atom is 0.254 e. The Morgan fingerprint density at radius 3 is 2.69 bits per heavy atom. The van der Waals surface area contributed by atoms with Crippen molar-refractivity contribution in [1.82, 2.24) is 20.0 Å². The fraction of sp³-hybridized carbons (Fsp3) is 0.450. The molecular weight excluding hydrogens is 328 g/mol. The summed E-state index contributed by atoms with van der Waals surface area (Å²) in [6.07, 6.45) is 6.04. The molecule has 1 atom stereocenters. The van der Waals surface area contributed by atoms with Gasteiger partial charge in [0.05, 0.1) is 17.7 Å². The first-order valence-electron chi connectivity index (χ1n) is 9.25. The van der Waals surface area contributed by atoms with Crippen molar-refractivity contribution in [2.75, 3.05) is 19.6 Å². The second kappa shape index (κ2) is 6.94. The van der Waals surface area contributed by atoms with E-state index in [0.29, 0.717) is 18.0 Å². The highest BCUT2D eigenvalue weighted by molar-refractivity contribution is 5.93. The minimum absolute atomic E-state index is 0.0491. The van der Waals surface area contributed by atoms with Gasteiger partial charge in [0.25, 0.3) is 5.91 Å². The van der Waals surface area contributed by atoms with Gasteiger partial charge in [-0.2, -0.15) is 5.10 Å². The van der Waals surface area contributed by atoms with Crippen LogP contribution in [0.3, 0.4) is 0 Å². The third-order valence-corrected chi connectivity index (χ3v) is 5.60. The Morgan fingerprint density at radius 1 is 1.23 bits per heavy atom. The lowest BCUT2D eigenvalue weighted by Gasteiger charge is -2.37. The van der Waals surface area contributed by atoms with Gasteiger partial charge < -0.3 is 10.2 Å². The largest absolute Gasteiger partial charge is 0.352 e. The van der Waals surface area contributed by atoms with Gasteiger partial charge in [-0.1, -0.05) is 24.3 Å². The monoisotopic (exact) mass is 352 g/mol. The molecule has 1 saturated heterocycles. The van der Waals surface area contributed by atoms with Crippen molar-refractivity contribution >= 4 is 11.8 Å². The zero-order chi connectivity index (χ0) is 18.1. The SMILES string of the molecule is Cn1cc(C(=O)NCC2CCN(C(=O)C3Cc4ccccc43)CC2)cn1. The minimum atomic E-state index is -0.0809. The fourth-order valence-electron chi connectivity index (χ4n) is 3.93. The Morgan fingerprint density at radius 2 is 2.00 bits per heavy atom. The van der Waals surface area contributed by atoms with E-state index in [1.165, 1.54) is 11.1 Å². The van der Waals surface area contributed by atoms with Crippen molar-refractivity contribution < 1.29 is 9.59 Å². The first kappa shape index (κ1) is 16.8. The molecule has 1 aliphatic carbocycles. The van der Waals surface area contributed by atoms with E-state index in [2.05, 4.69) is 22.5 Å². The molecule has 136 valence electrons. The molecule has 1 aromatic carbocycles. The number of likely N-dealkylation sites (tertiary alicyclic amines) is 1. The lowest BCUT2D eigenvalue weighted by molar-refractivity contribution is -0.134. The number of nitrogens with zero attached hydrogens (tertiary/aromatic N) is 3. The van der Waals surface area contributed by atoms with Crippen LogP contribution in [0.4, 0.5) is 0 Å². The van der Waals surface area contributed by atoms with Crippen LogP contribution in [0.5, 0.6) is 0 Å². The first-order valence-corrected chi connectivity index (χ1v) is 9.25. The molecule has 2 heterocycles. The molecule has 6 heteroatoms. The Balaban J connectivity index is 1.24. The van der Waals surface area contributed by atoms with E-state index in [9.17, 15) is 9.59 Å². The summed E-state index contributed by atoms with van der Waals surface area (Å²) in [6.45, 7) is 2.22. The van der Waals surface area contributed by atoms with Crippen molar-refractivity contribution in [2.45, 2.75) is 25.2 Å². The summed E-state index contributed by atoms with van der Waals surface area (Å²) >= 11 is 0. The Kier molecular flexibility index (Phi) is 4.49. The van der Waals surface area contributed by atoms with Crippen molar-refractivity contribution in [2.24, 2.45) is 13.0 Å². The van der Waals surface area contributed by atoms with E-state index in [-0.39, 0.29) is 17.7 Å². The highest BCUT2D eigenvalue weighted by Crippen LogP contribution is 2.36. The molecule has 0 saturated carbocycles. The van der Waals surface area contributed by atoms with E-state index in [1.54, 1.807) is 24.1 Å². The minimum Gasteiger partial charge on any atom is -0.352 e. The molecule has 1 fully saturated rings. The molecule has 6 nitrogen and oxygen atoms in total. The number of rotatable bonds is 4. The number of aromatic nitrogens is 2. The molecule has 0 bridgehead atoms. The number of aryl methyl sites for hydroxylation is 1. The summed E-state index contributed by atoms with van der Waals surface area (Å²) < 4.78 is 1.62. The van der Waals surface area contributed by atoms with Crippen LogP contribution < -0.4 is 5.32 Å². The molecule has 0 spiro atoms. The number of nitrogens with one attached hydrogen (secondary N) is 1. The van der Waals surface area contributed by atoms with Crippen LogP contribution in [0.15, 0.2) is 36.7 Å². The van der Waals surface area contributed by atoms with Crippen LogP contribution >= 0.6 is 0 Å². The van der Waals surface area contributed by atoms with E-state index < -0.39 is 0 Å². The lowest BCUT2D eigenvalue weighted by atomic mass is 9.76. The smallest absolute Gasteiger partial charge is 0.254 e. The molecule has 26 heavy (non-hydrogen) atoms. The molecule has 1 N–H and O–H groups in total. The van der Waals surface area contributed by atoms with Crippen molar-refractivity contribution in [1.29, 1.82) is 0 Å². The molecule has 2 amide bonds. The molecule has 2 aliphatic rings. The summed E-state index contributed by atoms with van der Waals surface area (Å²) in [5, 5.41) is 7.01. The van der Waals surface area contributed by atoms with E-state index in [4.69, 9.17) is 0 Å². The third kappa shape index (κ3) is 3.23. The molecule has 4 rings (SSSR count). The topological polar surface area (TPSA) is 67.2 Å². The third-order valence-electron chi connectivity index (χ3n) is 5.60. The predicted molar refractivity (Wildman–Crippen MR) is 97.7 cm³/mol. The molecule has 0 radical (unpaired) electrons. The number of carbonyl (C=O) groups is 2. The number of carbonyl (C=O) groups excluding carboxylic acids is 2. The number of hydrogen-bond acceptors (Lipinski definition) is 3. The van der Waals surface area contributed by atoms with Crippen LogP contribution in [0.2, 0.25) is 0 Å². The average molecular weight is 352 g/mol. The zero-order valence-corrected chi connectivity index (χ0v) is 15.0. The molecule has 2 aromatic rings. The summed E-state index contributed by atoms with van der Waals surface area (Å²) in [7, 11) is 1.80. The van der Waals surface area contributed by atoms with E-state index in [0.717, 1.165) is 32.4 Å². The number of piperidine rings is 1. The van der Waals surface area contributed by atoms with Gasteiger partial charge in [0.2, 0.25) is 5.91 Å². The van der Waals surface area contributed by atoms with Gasteiger partial charge in [0.15, 0.2) is 0 Å². The second-order valence-electron chi connectivity index (χ2n) is 7.34. The highest BCUT2D eigenvalue weighted by atomic mass is 16.2. The van der Waals surface area contributed by atoms with Crippen LogP contribution in [0, 0.1) is 5.92 Å². The van der Waals surface area contributed by atoms with Gasteiger partial charge in [-0.25, -0.2) is 0 Å². The van der Waals surface area contributed by atoms with Gasteiger partial charge in [0, 0.05) is 32.9 Å². The average Bonchev–Trinajstić information content (AvgIpc) is 3.07. The van der Waals surface area contributed by atoms with Gasteiger partial charge >= 0.3 is 0 Å². The lowest BCUT2D eigenvalue weighted by Crippen LogP contribution is -2.45. The van der Waals surface area contributed by atoms with Gasteiger partial charge in [-0.15, -0.1) is 0 Å². The summed E-state index contributed by atoms with van der Waals surface area (Å²) in [6, 6.07) is 8.22. The maximum absolute atomic E-state index is 12.8. The van der Waals surface area contributed by atoms with Gasteiger partial charge in [0.1, 0.15) is 0 Å². The zero-order valence-electron chi connectivity index (χ0n) is 15.0. The number of hydrogen-bond donors (Lipinski definition) is 1. The van der Waals surface area contributed by atoms with Crippen LogP contribution in [0.1, 0.15) is 40.2 Å². The first-order chi connectivity index (χ1) is 12.6. The van der Waals surface area contributed by atoms with Crippen molar-refractivity contribution in [3.05, 3.63) is 53.3 Å². The van der Waals surface area contributed by atoms with Gasteiger partial charge in [-0.3, -0.25) is 14.3 Å². The van der Waals surface area contributed by atoms with Crippen LogP contribution in [-0.4, -0.2) is 46.1 Å². The fourth-order valence-corrected chi connectivity index (χ4v) is 3.93. The Bertz CT molecular complexity index is 821. The standard InChI is InChI=1S/C20H24N4O2/c1-23-13-16(12-22-23)19(25)21-11-14-6-8-24(9-7-14)20(26)18-10-15-4-2-3-5-17(15)18/h2-5,12-14,18H,6-11H2,1H3,(H,21,25). The second-order valence-corrected chi connectivity index (χ2v) is 7.34. The number of amides is 2. The molecule has 1 aromatic heterocycles. The highest BCUT2D eigenvalue weighted by Gasteiger charge is 2.35. The number of fused-ring (bicyclic) bond motifs is 1. The summed E-state index contributed by atoms with van der Waals surface area (Å²) in [4.78, 5) is 26.8. The van der Waals surface area contributed by atoms with Crippen LogP contribution in [0.25, 0.3) is 0 Å². The quantitative estimate of drug-likeness (QED) is 0.911. The van der Waals surface area contributed by atoms with E-state index >= 15 is 0 Å². The predicted octanol–water partition coefficient (Wildman–Crippen LogP) is 1.73. The molecular formula is C20H24N4O2. The molecule has 1 unspecified atom stereocenters. The number of benzene rings is 1. The van der Waals surface area contributed by atoms with Crippen molar-refractivity contribution in [3.63, 3.8) is 0 Å². The Hall–Kier alpha value is -2.63.